The summed E-state index contributed by atoms with van der Waals surface area (Å²) in [4.78, 5) is 0. The summed E-state index contributed by atoms with van der Waals surface area (Å²) >= 11 is 0. The maximum atomic E-state index is 12.9. The zero-order valence-corrected chi connectivity index (χ0v) is 10.3. The molecular weight excluding hydrogens is 253 g/mol. The predicted octanol–water partition coefficient (Wildman–Crippen LogP) is 4.34. The Labute approximate surface area is 109 Å². The average molecular weight is 266 g/mol. The lowest BCUT2D eigenvalue weighted by Crippen LogP contribution is -2.09. The van der Waals surface area contributed by atoms with Crippen LogP contribution in [-0.4, -0.2) is 0 Å². The van der Waals surface area contributed by atoms with Gasteiger partial charge in [0.05, 0.1) is 11.3 Å². The van der Waals surface area contributed by atoms with E-state index >= 15 is 0 Å². The van der Waals surface area contributed by atoms with Crippen molar-refractivity contribution in [1.82, 2.24) is 0 Å². The second-order valence-corrected chi connectivity index (χ2v) is 4.29. The summed E-state index contributed by atoms with van der Waals surface area (Å²) in [6.07, 6.45) is -4.44. The van der Waals surface area contributed by atoms with E-state index in [2.05, 4.69) is 5.32 Å². The number of alkyl halides is 3. The highest BCUT2D eigenvalue weighted by atomic mass is 19.4. The molecule has 0 heterocycles. The Balaban J connectivity index is 2.37. The summed E-state index contributed by atoms with van der Waals surface area (Å²) in [5.41, 5.74) is 6.35. The van der Waals surface area contributed by atoms with Crippen molar-refractivity contribution in [2.75, 3.05) is 11.1 Å². The van der Waals surface area contributed by atoms with Gasteiger partial charge in [0, 0.05) is 11.4 Å². The van der Waals surface area contributed by atoms with Gasteiger partial charge in [0.25, 0.3) is 0 Å². The zero-order valence-electron chi connectivity index (χ0n) is 10.3. The Morgan fingerprint density at radius 1 is 1.00 bits per heavy atom. The first-order valence-corrected chi connectivity index (χ1v) is 5.67. The minimum absolute atomic E-state index is 0.00875. The lowest BCUT2D eigenvalue weighted by atomic mass is 10.1. The highest BCUT2D eigenvalue weighted by Gasteiger charge is 2.33. The Hall–Kier alpha value is -2.17. The molecule has 0 unspecified atom stereocenters. The molecule has 0 aromatic heterocycles. The third-order valence-electron chi connectivity index (χ3n) is 2.68. The molecule has 2 nitrogen and oxygen atoms in total. The van der Waals surface area contributed by atoms with Crippen LogP contribution >= 0.6 is 0 Å². The fraction of sp³-hybridized carbons (Fsp3) is 0.143. The van der Waals surface area contributed by atoms with E-state index in [0.717, 1.165) is 11.6 Å². The van der Waals surface area contributed by atoms with Crippen LogP contribution in [0, 0.1) is 6.92 Å². The lowest BCUT2D eigenvalue weighted by molar-refractivity contribution is -0.136. The van der Waals surface area contributed by atoms with Gasteiger partial charge in [-0.15, -0.1) is 0 Å². The van der Waals surface area contributed by atoms with Crippen LogP contribution < -0.4 is 11.1 Å². The molecule has 0 fully saturated rings. The molecular formula is C14H13F3N2. The number of aryl methyl sites for hydroxylation is 1. The van der Waals surface area contributed by atoms with Gasteiger partial charge in [0.2, 0.25) is 0 Å². The fourth-order valence-corrected chi connectivity index (χ4v) is 1.70. The van der Waals surface area contributed by atoms with Crippen LogP contribution in [0.1, 0.15) is 11.1 Å². The average Bonchev–Trinajstić information content (AvgIpc) is 2.33. The number of halogens is 3. The predicted molar refractivity (Wildman–Crippen MR) is 70.3 cm³/mol. The minimum Gasteiger partial charge on any atom is -0.399 e. The molecule has 2 aromatic carbocycles. The number of anilines is 3. The first kappa shape index (κ1) is 13.3. The van der Waals surface area contributed by atoms with Gasteiger partial charge < -0.3 is 11.1 Å². The van der Waals surface area contributed by atoms with Crippen molar-refractivity contribution in [2.45, 2.75) is 13.1 Å². The molecule has 0 saturated heterocycles. The van der Waals surface area contributed by atoms with Crippen LogP contribution in [0.5, 0.6) is 0 Å². The van der Waals surface area contributed by atoms with Gasteiger partial charge in [-0.3, -0.25) is 0 Å². The van der Waals surface area contributed by atoms with E-state index in [9.17, 15) is 13.2 Å². The summed E-state index contributed by atoms with van der Waals surface area (Å²) in [7, 11) is 0. The normalized spacial score (nSPS) is 11.4. The lowest BCUT2D eigenvalue weighted by Gasteiger charge is -2.15. The molecule has 2 rings (SSSR count). The van der Waals surface area contributed by atoms with Crippen LogP contribution in [0.4, 0.5) is 30.2 Å². The smallest absolute Gasteiger partial charge is 0.399 e. The number of nitrogen functional groups attached to an aromatic ring is 1. The maximum Gasteiger partial charge on any atom is 0.418 e. The Morgan fingerprint density at radius 2 is 1.63 bits per heavy atom. The standard InChI is InChI=1S/C14H13F3N2/c1-9-2-5-11(6-3-9)19-13-7-4-10(18)8-12(13)14(15,16)17/h2-8,19H,18H2,1H3. The summed E-state index contributed by atoms with van der Waals surface area (Å²) in [5, 5.41) is 2.76. The van der Waals surface area contributed by atoms with Gasteiger partial charge in [-0.1, -0.05) is 17.7 Å². The molecule has 19 heavy (non-hydrogen) atoms. The third-order valence-corrected chi connectivity index (χ3v) is 2.68. The largest absolute Gasteiger partial charge is 0.418 e. The molecule has 3 N–H and O–H groups in total. The maximum absolute atomic E-state index is 12.9. The summed E-state index contributed by atoms with van der Waals surface area (Å²) < 4.78 is 38.7. The fourth-order valence-electron chi connectivity index (χ4n) is 1.70. The summed E-state index contributed by atoms with van der Waals surface area (Å²) in [6, 6.07) is 10.8. The highest BCUT2D eigenvalue weighted by Crippen LogP contribution is 2.37. The highest BCUT2D eigenvalue weighted by molar-refractivity contribution is 5.67. The molecule has 0 aliphatic heterocycles. The Morgan fingerprint density at radius 3 is 2.21 bits per heavy atom. The van der Waals surface area contributed by atoms with Crippen molar-refractivity contribution < 1.29 is 13.2 Å². The molecule has 0 amide bonds. The van der Waals surface area contributed by atoms with E-state index in [-0.39, 0.29) is 11.4 Å². The van der Waals surface area contributed by atoms with Crippen LogP contribution in [0.25, 0.3) is 0 Å². The third kappa shape index (κ3) is 3.19. The number of hydrogen-bond donors (Lipinski definition) is 2. The van der Waals surface area contributed by atoms with Gasteiger partial charge >= 0.3 is 6.18 Å². The van der Waals surface area contributed by atoms with Crippen molar-refractivity contribution in [3.05, 3.63) is 53.6 Å². The number of benzene rings is 2. The Kier molecular flexibility index (Phi) is 3.38. The van der Waals surface area contributed by atoms with Gasteiger partial charge in [-0.2, -0.15) is 13.2 Å². The minimum atomic E-state index is -4.44. The van der Waals surface area contributed by atoms with Gasteiger partial charge in [-0.05, 0) is 37.3 Å². The molecule has 0 bridgehead atoms. The monoisotopic (exact) mass is 266 g/mol. The topological polar surface area (TPSA) is 38.0 Å². The molecule has 0 radical (unpaired) electrons. The van der Waals surface area contributed by atoms with Crippen LogP contribution in [0.15, 0.2) is 42.5 Å². The van der Waals surface area contributed by atoms with Crippen LogP contribution in [0.2, 0.25) is 0 Å². The second-order valence-electron chi connectivity index (χ2n) is 4.29. The van der Waals surface area contributed by atoms with E-state index in [1.807, 2.05) is 19.1 Å². The molecule has 0 atom stereocenters. The first-order chi connectivity index (χ1) is 8.86. The van der Waals surface area contributed by atoms with Gasteiger partial charge in [0.15, 0.2) is 0 Å². The van der Waals surface area contributed by atoms with E-state index in [1.165, 1.54) is 12.1 Å². The van der Waals surface area contributed by atoms with Crippen molar-refractivity contribution in [3.63, 3.8) is 0 Å². The second kappa shape index (κ2) is 4.84. The molecule has 0 spiro atoms. The number of hydrogen-bond acceptors (Lipinski definition) is 2. The SMILES string of the molecule is Cc1ccc(Nc2ccc(N)cc2C(F)(F)F)cc1. The van der Waals surface area contributed by atoms with E-state index in [4.69, 9.17) is 5.73 Å². The number of nitrogens with two attached hydrogens (primary N) is 1. The number of rotatable bonds is 2. The van der Waals surface area contributed by atoms with Crippen LogP contribution in [0.3, 0.4) is 0 Å². The van der Waals surface area contributed by atoms with E-state index < -0.39 is 11.7 Å². The first-order valence-electron chi connectivity index (χ1n) is 5.67. The van der Waals surface area contributed by atoms with Crippen LogP contribution in [-0.2, 0) is 6.18 Å². The molecule has 0 aliphatic rings. The molecule has 2 aromatic rings. The van der Waals surface area contributed by atoms with Crippen molar-refractivity contribution in [3.8, 4) is 0 Å². The van der Waals surface area contributed by atoms with E-state index in [1.54, 1.807) is 12.1 Å². The van der Waals surface area contributed by atoms with Crippen molar-refractivity contribution in [1.29, 1.82) is 0 Å². The Bertz CT molecular complexity index is 574. The molecule has 0 saturated carbocycles. The summed E-state index contributed by atoms with van der Waals surface area (Å²) in [5.74, 6) is 0. The summed E-state index contributed by atoms with van der Waals surface area (Å²) in [6.45, 7) is 1.91. The van der Waals surface area contributed by atoms with Crippen molar-refractivity contribution in [2.24, 2.45) is 0 Å². The van der Waals surface area contributed by atoms with Gasteiger partial charge in [-0.25, -0.2) is 0 Å². The van der Waals surface area contributed by atoms with Crippen molar-refractivity contribution >= 4 is 17.1 Å². The number of nitrogens with one attached hydrogen (secondary N) is 1. The molecule has 0 aliphatic carbocycles. The zero-order chi connectivity index (χ0) is 14.0. The molecule has 5 heteroatoms. The van der Waals surface area contributed by atoms with E-state index in [0.29, 0.717) is 5.69 Å². The van der Waals surface area contributed by atoms with Gasteiger partial charge in [0.1, 0.15) is 0 Å². The quantitative estimate of drug-likeness (QED) is 0.793. The molecule has 100 valence electrons.